The van der Waals surface area contributed by atoms with E-state index in [0.29, 0.717) is 25.7 Å². The number of nitrogens with one attached hydrogen (secondary N) is 3. The lowest BCUT2D eigenvalue weighted by atomic mass is 9.76. The Balaban J connectivity index is 1.25. The van der Waals surface area contributed by atoms with Crippen molar-refractivity contribution >= 4 is 38.3 Å². The number of benzene rings is 2. The molecule has 16 heteroatoms. The van der Waals surface area contributed by atoms with Crippen molar-refractivity contribution < 1.29 is 41.8 Å². The Bertz CT molecular complexity index is 1970. The van der Waals surface area contributed by atoms with Gasteiger partial charge in [0.05, 0.1) is 39.0 Å². The van der Waals surface area contributed by atoms with Gasteiger partial charge in [-0.3, -0.25) is 14.9 Å². The molecule has 0 saturated heterocycles. The van der Waals surface area contributed by atoms with E-state index in [9.17, 15) is 32.8 Å². The molecule has 0 spiro atoms. The largest absolute Gasteiger partial charge is 0.489 e. The maximum absolute atomic E-state index is 14.3. The van der Waals surface area contributed by atoms with Crippen LogP contribution in [0.3, 0.4) is 0 Å². The van der Waals surface area contributed by atoms with Crippen LogP contribution in [-0.4, -0.2) is 59.2 Å². The molecule has 3 heterocycles. The molecule has 1 aliphatic carbocycles. The predicted octanol–water partition coefficient (Wildman–Crippen LogP) is 5.03. The Hall–Kier alpha value is -4.96. The molecule has 4 N–H and O–H groups in total. The Morgan fingerprint density at radius 1 is 1.23 bits per heavy atom. The van der Waals surface area contributed by atoms with E-state index < -0.39 is 42.9 Å². The summed E-state index contributed by atoms with van der Waals surface area (Å²) in [5.41, 5.74) is -1.23. The second-order valence-corrected chi connectivity index (χ2v) is 13.4. The number of nitro groups is 1. The van der Waals surface area contributed by atoms with E-state index in [1.54, 1.807) is 19.9 Å². The van der Waals surface area contributed by atoms with Crippen LogP contribution >= 0.6 is 0 Å². The lowest BCUT2D eigenvalue weighted by Crippen LogP contribution is -2.42. The third-order valence-electron chi connectivity index (χ3n) is 8.39. The molecule has 2 aliphatic rings. The summed E-state index contributed by atoms with van der Waals surface area (Å²) >= 11 is 0. The first-order valence-corrected chi connectivity index (χ1v) is 16.4. The van der Waals surface area contributed by atoms with Gasteiger partial charge in [-0.05, 0) is 57.6 Å². The SMILES string of the molecule is CCOc1nc2[nH]cc(F)c2cc1Oc1ccccc1C(=O)NS(=O)(=O)c1cc2c(c([N+](=O)[O-])c1)N[C@@H](C1CCC(C)(O)CC1)CO2. The molecule has 2 aromatic heterocycles. The molecule has 0 bridgehead atoms. The lowest BCUT2D eigenvalue weighted by Gasteiger charge is -2.39. The normalized spacial score (nSPS) is 20.9. The zero-order valence-electron chi connectivity index (χ0n) is 25.4. The molecule has 47 heavy (non-hydrogen) atoms. The summed E-state index contributed by atoms with van der Waals surface area (Å²) in [5.74, 6) is -1.72. The Morgan fingerprint density at radius 3 is 2.70 bits per heavy atom. The number of para-hydroxylation sites is 1. The van der Waals surface area contributed by atoms with Crippen LogP contribution in [-0.2, 0) is 10.0 Å². The van der Waals surface area contributed by atoms with E-state index in [4.69, 9.17) is 14.2 Å². The number of H-pyrrole nitrogens is 1. The monoisotopic (exact) mass is 669 g/mol. The summed E-state index contributed by atoms with van der Waals surface area (Å²) in [6, 6.07) is 8.80. The molecule has 1 aliphatic heterocycles. The standard InChI is InChI=1S/C31H32FN5O9S/c1-3-44-30-26(14-20-21(32)15-33-28(20)35-30)46-24-7-5-4-6-19(24)29(38)36-47(42,43)18-12-23(37(40)41)27-25(13-18)45-16-22(34-27)17-8-10-31(2,39)11-9-17/h4-7,12-15,17,22,34,39H,3,8-11,16H2,1-2H3,(H,33,35)(H,36,38)/t17?,22-,31?/m1/s1. The number of sulfonamides is 1. The molecule has 1 saturated carbocycles. The number of anilines is 1. The zero-order valence-corrected chi connectivity index (χ0v) is 26.2. The van der Waals surface area contributed by atoms with E-state index >= 15 is 0 Å². The summed E-state index contributed by atoms with van der Waals surface area (Å²) in [6.45, 7) is 3.83. The van der Waals surface area contributed by atoms with Gasteiger partial charge in [-0.25, -0.2) is 17.5 Å². The zero-order chi connectivity index (χ0) is 33.5. The number of aliphatic hydroxyl groups is 1. The van der Waals surface area contributed by atoms with Crippen LogP contribution < -0.4 is 24.2 Å². The molecule has 1 atom stereocenters. The summed E-state index contributed by atoms with van der Waals surface area (Å²) in [6.07, 6.45) is 3.68. The highest BCUT2D eigenvalue weighted by Gasteiger charge is 2.38. The number of nitro benzene ring substituents is 1. The summed E-state index contributed by atoms with van der Waals surface area (Å²) in [5, 5.41) is 25.6. The number of hydrogen-bond donors (Lipinski definition) is 4. The molecule has 1 amide bonds. The number of rotatable bonds is 9. The Kier molecular flexibility index (Phi) is 8.40. The number of aromatic amines is 1. The highest BCUT2D eigenvalue weighted by molar-refractivity contribution is 7.90. The molecular formula is C31H32FN5O9S. The maximum Gasteiger partial charge on any atom is 0.297 e. The number of carbonyl (C=O) groups is 1. The van der Waals surface area contributed by atoms with Gasteiger partial charge in [0.15, 0.2) is 17.2 Å². The minimum absolute atomic E-state index is 0.0114. The molecule has 2 aromatic carbocycles. The molecular weight excluding hydrogens is 637 g/mol. The van der Waals surface area contributed by atoms with Gasteiger partial charge in [0, 0.05) is 24.4 Å². The number of fused-ring (bicyclic) bond motifs is 2. The van der Waals surface area contributed by atoms with Crippen LogP contribution in [0.1, 0.15) is 49.9 Å². The molecule has 1 fully saturated rings. The third-order valence-corrected chi connectivity index (χ3v) is 9.70. The lowest BCUT2D eigenvalue weighted by molar-refractivity contribution is -0.384. The Labute approximate surface area is 268 Å². The van der Waals surface area contributed by atoms with Crippen LogP contribution in [0.25, 0.3) is 11.0 Å². The number of pyridine rings is 1. The average molecular weight is 670 g/mol. The fraction of sp³-hybridized carbons (Fsp3) is 0.355. The fourth-order valence-electron chi connectivity index (χ4n) is 5.85. The smallest absolute Gasteiger partial charge is 0.297 e. The first-order chi connectivity index (χ1) is 22.3. The van der Waals surface area contributed by atoms with Crippen LogP contribution in [0.2, 0.25) is 0 Å². The van der Waals surface area contributed by atoms with Crippen molar-refractivity contribution in [2.75, 3.05) is 18.5 Å². The number of amides is 1. The predicted molar refractivity (Wildman–Crippen MR) is 167 cm³/mol. The first kappa shape index (κ1) is 32.0. The van der Waals surface area contributed by atoms with Gasteiger partial charge in [0.1, 0.15) is 23.8 Å². The molecule has 6 rings (SSSR count). The van der Waals surface area contributed by atoms with E-state index in [2.05, 4.69) is 15.3 Å². The molecule has 248 valence electrons. The van der Waals surface area contributed by atoms with Crippen molar-refractivity contribution in [3.05, 3.63) is 70.2 Å². The average Bonchev–Trinajstić information content (AvgIpc) is 3.39. The van der Waals surface area contributed by atoms with Gasteiger partial charge in [-0.15, -0.1) is 0 Å². The van der Waals surface area contributed by atoms with Crippen LogP contribution in [0.5, 0.6) is 23.1 Å². The van der Waals surface area contributed by atoms with Gasteiger partial charge in [-0.2, -0.15) is 4.98 Å². The highest BCUT2D eigenvalue weighted by atomic mass is 32.2. The van der Waals surface area contributed by atoms with E-state index in [1.165, 1.54) is 24.3 Å². The summed E-state index contributed by atoms with van der Waals surface area (Å²) < 4.78 is 60.4. The second-order valence-electron chi connectivity index (χ2n) is 11.8. The van der Waals surface area contributed by atoms with Crippen molar-refractivity contribution in [3.8, 4) is 23.1 Å². The van der Waals surface area contributed by atoms with Gasteiger partial charge in [0.25, 0.3) is 27.5 Å². The van der Waals surface area contributed by atoms with Gasteiger partial charge in [-0.1, -0.05) is 12.1 Å². The third kappa shape index (κ3) is 6.51. The van der Waals surface area contributed by atoms with Gasteiger partial charge in [0.2, 0.25) is 0 Å². The minimum Gasteiger partial charge on any atom is -0.489 e. The molecule has 14 nitrogen and oxygen atoms in total. The number of carbonyl (C=O) groups excluding carboxylic acids is 1. The van der Waals surface area contributed by atoms with Crippen molar-refractivity contribution in [1.29, 1.82) is 0 Å². The van der Waals surface area contributed by atoms with Crippen LogP contribution in [0, 0.1) is 21.8 Å². The van der Waals surface area contributed by atoms with Gasteiger partial charge >= 0.3 is 0 Å². The molecule has 0 unspecified atom stereocenters. The van der Waals surface area contributed by atoms with Crippen LogP contribution in [0.4, 0.5) is 15.8 Å². The topological polar surface area (TPSA) is 195 Å². The number of aromatic nitrogens is 2. The van der Waals surface area contributed by atoms with Crippen molar-refractivity contribution in [1.82, 2.24) is 14.7 Å². The number of ether oxygens (including phenoxy) is 3. The highest BCUT2D eigenvalue weighted by Crippen LogP contribution is 2.43. The van der Waals surface area contributed by atoms with E-state index in [0.717, 1.165) is 18.3 Å². The van der Waals surface area contributed by atoms with E-state index in [1.807, 2.05) is 4.72 Å². The van der Waals surface area contributed by atoms with E-state index in [-0.39, 0.29) is 70.6 Å². The number of nitrogens with zero attached hydrogens (tertiary/aromatic N) is 2. The second kappa shape index (κ2) is 12.3. The molecule has 4 aromatic rings. The summed E-state index contributed by atoms with van der Waals surface area (Å²) in [4.78, 5) is 31.1. The van der Waals surface area contributed by atoms with Crippen molar-refractivity contribution in [3.63, 3.8) is 0 Å². The number of hydrogen-bond acceptors (Lipinski definition) is 11. The number of halogens is 1. The molecule has 0 radical (unpaired) electrons. The Morgan fingerprint density at radius 2 is 1.98 bits per heavy atom. The van der Waals surface area contributed by atoms with Crippen LogP contribution in [0.15, 0.2) is 53.6 Å². The van der Waals surface area contributed by atoms with Crippen molar-refractivity contribution in [2.45, 2.75) is 56.1 Å². The minimum atomic E-state index is -4.66. The van der Waals surface area contributed by atoms with Gasteiger partial charge < -0.3 is 29.6 Å². The first-order valence-electron chi connectivity index (χ1n) is 14.9. The fourth-order valence-corrected chi connectivity index (χ4v) is 6.85. The summed E-state index contributed by atoms with van der Waals surface area (Å²) in [7, 11) is -4.66. The van der Waals surface area contributed by atoms with Crippen molar-refractivity contribution in [2.24, 2.45) is 5.92 Å². The maximum atomic E-state index is 14.3. The quantitative estimate of drug-likeness (QED) is 0.138.